The predicted molar refractivity (Wildman–Crippen MR) is 125 cm³/mol. The van der Waals surface area contributed by atoms with Crippen LogP contribution in [0.25, 0.3) is 0 Å². The van der Waals surface area contributed by atoms with Crippen LogP contribution in [0.3, 0.4) is 0 Å². The molecule has 0 aromatic heterocycles. The van der Waals surface area contributed by atoms with Crippen molar-refractivity contribution in [1.29, 1.82) is 0 Å². The van der Waals surface area contributed by atoms with Crippen molar-refractivity contribution < 1.29 is 4.74 Å². The molecule has 1 unspecified atom stereocenters. The first-order chi connectivity index (χ1) is 13.0. The van der Waals surface area contributed by atoms with E-state index in [2.05, 4.69) is 13.8 Å². The summed E-state index contributed by atoms with van der Waals surface area (Å²) in [5.74, 6) is 0. The van der Waals surface area contributed by atoms with Gasteiger partial charge in [0.1, 0.15) is 5.56 Å². The molecule has 3 heteroatoms. The van der Waals surface area contributed by atoms with Gasteiger partial charge in [0.25, 0.3) is 0 Å². The summed E-state index contributed by atoms with van der Waals surface area (Å²) < 4.78 is 5.48. The van der Waals surface area contributed by atoms with Crippen molar-refractivity contribution >= 4 is 11.6 Å². The zero-order valence-corrected chi connectivity index (χ0v) is 20.3. The number of ether oxygens (including phenoxy) is 1. The van der Waals surface area contributed by atoms with Gasteiger partial charge in [-0.15, -0.1) is 0 Å². The molecule has 0 aliphatic rings. The summed E-state index contributed by atoms with van der Waals surface area (Å²) in [6.07, 6.45) is 23.4. The highest BCUT2D eigenvalue weighted by molar-refractivity contribution is 6.19. The Labute approximate surface area is 177 Å². The largest absolute Gasteiger partial charge is 0.363 e. The summed E-state index contributed by atoms with van der Waals surface area (Å²) in [5, 5.41) is 0. The van der Waals surface area contributed by atoms with Crippen LogP contribution in [-0.2, 0) is 4.74 Å². The number of hydrogen-bond acceptors (Lipinski definition) is 2. The predicted octanol–water partition coefficient (Wildman–Crippen LogP) is 8.42. The van der Waals surface area contributed by atoms with E-state index in [-0.39, 0.29) is 5.56 Å². The van der Waals surface area contributed by atoms with Crippen LogP contribution in [0.15, 0.2) is 0 Å². The van der Waals surface area contributed by atoms with Gasteiger partial charge in [0.15, 0.2) is 0 Å². The molecular formula is C24H52ClNO. The topological polar surface area (TPSA) is 12.5 Å². The fourth-order valence-corrected chi connectivity index (χ4v) is 3.07. The van der Waals surface area contributed by atoms with E-state index in [9.17, 15) is 0 Å². The minimum absolute atomic E-state index is 0.0775. The van der Waals surface area contributed by atoms with E-state index in [0.29, 0.717) is 0 Å². The normalized spacial score (nSPS) is 12.1. The van der Waals surface area contributed by atoms with Gasteiger partial charge in [0, 0.05) is 6.61 Å². The molecule has 0 fully saturated rings. The lowest BCUT2D eigenvalue weighted by molar-refractivity contribution is 0.101. The Morgan fingerprint density at radius 2 is 0.889 bits per heavy atom. The maximum atomic E-state index is 5.91. The highest BCUT2D eigenvalue weighted by atomic mass is 35.5. The van der Waals surface area contributed by atoms with Crippen LogP contribution in [0, 0.1) is 0 Å². The van der Waals surface area contributed by atoms with Crippen LogP contribution < -0.4 is 0 Å². The Hall–Kier alpha value is 0.210. The zero-order chi connectivity index (χ0) is 20.6. The lowest BCUT2D eigenvalue weighted by Gasteiger charge is -2.08. The van der Waals surface area contributed by atoms with Crippen molar-refractivity contribution in [3.63, 3.8) is 0 Å². The van der Waals surface area contributed by atoms with Crippen molar-refractivity contribution in [2.75, 3.05) is 27.7 Å². The number of unbranched alkanes of at least 4 members (excludes halogenated alkanes) is 15. The number of hydrogen-bond donors (Lipinski definition) is 0. The van der Waals surface area contributed by atoms with Crippen LogP contribution in [0.5, 0.6) is 0 Å². The van der Waals surface area contributed by atoms with E-state index < -0.39 is 0 Å². The zero-order valence-electron chi connectivity index (χ0n) is 19.5. The molecule has 1 atom stereocenters. The maximum absolute atomic E-state index is 5.91. The molecular weight excluding hydrogens is 354 g/mol. The Balaban J connectivity index is 0. The molecule has 0 aliphatic carbocycles. The molecule has 2 nitrogen and oxygen atoms in total. The molecule has 0 saturated carbocycles. The van der Waals surface area contributed by atoms with Crippen molar-refractivity contribution in [3.8, 4) is 0 Å². The van der Waals surface area contributed by atoms with Gasteiger partial charge in [-0.3, -0.25) is 0 Å². The van der Waals surface area contributed by atoms with Gasteiger partial charge in [-0.05, 0) is 34.0 Å². The first-order valence-electron chi connectivity index (χ1n) is 11.9. The number of halogens is 1. The van der Waals surface area contributed by atoms with Gasteiger partial charge in [0.2, 0.25) is 0 Å². The lowest BCUT2D eigenvalue weighted by atomic mass is 10.0. The maximum Gasteiger partial charge on any atom is 0.130 e. The van der Waals surface area contributed by atoms with Gasteiger partial charge < -0.3 is 9.64 Å². The van der Waals surface area contributed by atoms with Gasteiger partial charge in [0.05, 0.1) is 0 Å². The lowest BCUT2D eigenvalue weighted by Crippen LogP contribution is -2.04. The van der Waals surface area contributed by atoms with Crippen molar-refractivity contribution in [1.82, 2.24) is 4.90 Å². The van der Waals surface area contributed by atoms with Crippen LogP contribution in [0.2, 0.25) is 0 Å². The molecule has 0 heterocycles. The van der Waals surface area contributed by atoms with Gasteiger partial charge in [-0.1, -0.05) is 122 Å². The first kappa shape index (κ1) is 29.4. The van der Waals surface area contributed by atoms with E-state index in [4.69, 9.17) is 16.3 Å². The number of rotatable bonds is 19. The van der Waals surface area contributed by atoms with E-state index in [1.54, 1.807) is 0 Å². The van der Waals surface area contributed by atoms with Crippen molar-refractivity contribution in [2.24, 2.45) is 0 Å². The average Bonchev–Trinajstić information content (AvgIpc) is 2.63. The molecule has 0 rings (SSSR count). The van der Waals surface area contributed by atoms with Gasteiger partial charge >= 0.3 is 0 Å². The highest BCUT2D eigenvalue weighted by Crippen LogP contribution is 2.14. The van der Waals surface area contributed by atoms with Gasteiger partial charge in [-0.2, -0.15) is 0 Å². The third kappa shape index (κ3) is 34.1. The Bertz CT molecular complexity index is 246. The minimum Gasteiger partial charge on any atom is -0.363 e. The summed E-state index contributed by atoms with van der Waals surface area (Å²) >= 11 is 5.91. The van der Waals surface area contributed by atoms with Crippen LogP contribution >= 0.6 is 11.6 Å². The van der Waals surface area contributed by atoms with Crippen LogP contribution in [0.4, 0.5) is 0 Å². The summed E-state index contributed by atoms with van der Waals surface area (Å²) in [6.45, 7) is 5.18. The quantitative estimate of drug-likeness (QED) is 0.158. The molecule has 0 aromatic carbocycles. The number of alkyl halides is 1. The smallest absolute Gasteiger partial charge is 0.130 e. The fourth-order valence-electron chi connectivity index (χ4n) is 2.98. The van der Waals surface area contributed by atoms with E-state index in [0.717, 1.165) is 13.0 Å². The third-order valence-electron chi connectivity index (χ3n) is 4.62. The average molecular weight is 406 g/mol. The second kappa shape index (κ2) is 26.2. The monoisotopic (exact) mass is 405 g/mol. The summed E-state index contributed by atoms with van der Waals surface area (Å²) in [4.78, 5) is 2.00. The Kier molecular flexibility index (Phi) is 28.6. The minimum atomic E-state index is -0.0775. The fraction of sp³-hybridized carbons (Fsp3) is 1.00. The number of nitrogens with zero attached hydrogens (tertiary/aromatic N) is 1. The third-order valence-corrected chi connectivity index (χ3v) is 5.05. The van der Waals surface area contributed by atoms with E-state index in [1.807, 2.05) is 26.0 Å². The molecule has 0 saturated heterocycles. The highest BCUT2D eigenvalue weighted by Gasteiger charge is 1.99. The molecule has 0 N–H and O–H groups in total. The Morgan fingerprint density at radius 1 is 0.593 bits per heavy atom. The molecule has 0 bridgehead atoms. The summed E-state index contributed by atoms with van der Waals surface area (Å²) in [7, 11) is 6.00. The first-order valence-corrected chi connectivity index (χ1v) is 12.3. The van der Waals surface area contributed by atoms with Gasteiger partial charge in [-0.25, -0.2) is 0 Å². The molecule has 0 radical (unpaired) electrons. The van der Waals surface area contributed by atoms with Crippen LogP contribution in [-0.4, -0.2) is 38.2 Å². The Morgan fingerprint density at radius 3 is 1.19 bits per heavy atom. The van der Waals surface area contributed by atoms with Crippen LogP contribution in [0.1, 0.15) is 123 Å². The summed E-state index contributed by atoms with van der Waals surface area (Å²) in [5.41, 5.74) is -0.0775. The SMILES string of the molecule is CCCCCCCCCCCCCCCCCCOC(Cl)CC.CN(C)C. The van der Waals surface area contributed by atoms with Crippen molar-refractivity contribution in [2.45, 2.75) is 129 Å². The second-order valence-corrected chi connectivity index (χ2v) is 8.82. The van der Waals surface area contributed by atoms with Crippen molar-refractivity contribution in [3.05, 3.63) is 0 Å². The molecule has 0 spiro atoms. The van der Waals surface area contributed by atoms with E-state index >= 15 is 0 Å². The molecule has 27 heavy (non-hydrogen) atoms. The molecule has 0 amide bonds. The molecule has 166 valence electrons. The molecule has 0 aromatic rings. The second-order valence-electron chi connectivity index (χ2n) is 8.33. The van der Waals surface area contributed by atoms with E-state index in [1.165, 1.54) is 103 Å². The standard InChI is InChI=1S/C21H43ClO.C3H9N/c1-3-5-6-7-8-9-10-11-12-13-14-15-16-17-18-19-20-23-21(22)4-2;1-4(2)3/h21H,3-20H2,1-2H3;1-3H3. The summed E-state index contributed by atoms with van der Waals surface area (Å²) in [6, 6.07) is 0. The molecule has 0 aliphatic heterocycles.